The number of halogens is 1. The van der Waals surface area contributed by atoms with Crippen LogP contribution in [0.3, 0.4) is 0 Å². The highest BCUT2D eigenvalue weighted by Crippen LogP contribution is 2.24. The van der Waals surface area contributed by atoms with Gasteiger partial charge < -0.3 is 20.0 Å². The summed E-state index contributed by atoms with van der Waals surface area (Å²) in [4.78, 5) is 19.9. The molecule has 28 heavy (non-hydrogen) atoms. The Hall–Kier alpha value is -3.23. The normalized spacial score (nSPS) is 11.8. The maximum Gasteiger partial charge on any atom is 0.191 e. The summed E-state index contributed by atoms with van der Waals surface area (Å²) in [6.07, 6.45) is 3.20. The zero-order valence-corrected chi connectivity index (χ0v) is 15.8. The monoisotopic (exact) mass is 398 g/mol. The third kappa shape index (κ3) is 3.60. The minimum absolute atomic E-state index is 0. The number of rotatable bonds is 5. The molecule has 4 aromatic rings. The van der Waals surface area contributed by atoms with Crippen molar-refractivity contribution in [1.29, 1.82) is 0 Å². The Labute approximate surface area is 166 Å². The Balaban J connectivity index is 0.00000225. The molecule has 0 radical (unpaired) electrons. The van der Waals surface area contributed by atoms with Crippen molar-refractivity contribution in [2.24, 2.45) is 0 Å². The number of hydrogen-bond acceptors (Lipinski definition) is 6. The van der Waals surface area contributed by atoms with Gasteiger partial charge in [-0.15, -0.1) is 22.6 Å². The van der Waals surface area contributed by atoms with Gasteiger partial charge >= 0.3 is 0 Å². The quantitative estimate of drug-likeness (QED) is 0.477. The molecule has 1 atom stereocenters. The summed E-state index contributed by atoms with van der Waals surface area (Å²) in [5.74, 6) is 1.14. The fourth-order valence-electron chi connectivity index (χ4n) is 2.94. The number of hydrogen-bond donors (Lipinski definition) is 3. The lowest BCUT2D eigenvalue weighted by Gasteiger charge is -2.13. The van der Waals surface area contributed by atoms with E-state index in [0.29, 0.717) is 28.4 Å². The first-order valence-electron chi connectivity index (χ1n) is 8.52. The standard InChI is InChI=1S/C19H18N6O2.ClH/c1-12(10-26)25-11-21-24-19(25)15-6-3-7-17(23-15)22-14-5-2-4-13-18(14)16(27)8-9-20-13;/h2-9,11-12,26H,10H2,1H3,(H,20,27)(H,22,23);1H/t12-;/m1./s1. The smallest absolute Gasteiger partial charge is 0.191 e. The minimum atomic E-state index is -0.162. The van der Waals surface area contributed by atoms with Crippen LogP contribution in [0.1, 0.15) is 13.0 Å². The molecule has 4 rings (SSSR count). The first kappa shape index (κ1) is 19.5. The topological polar surface area (TPSA) is 109 Å². The average Bonchev–Trinajstić information content (AvgIpc) is 3.18. The van der Waals surface area contributed by atoms with Gasteiger partial charge in [-0.25, -0.2) is 4.98 Å². The number of fused-ring (bicyclic) bond motifs is 1. The molecule has 0 unspecified atom stereocenters. The van der Waals surface area contributed by atoms with Gasteiger partial charge in [-0.3, -0.25) is 4.79 Å². The van der Waals surface area contributed by atoms with Crippen LogP contribution in [0, 0.1) is 0 Å². The first-order chi connectivity index (χ1) is 13.2. The number of aliphatic hydroxyl groups excluding tert-OH is 1. The van der Waals surface area contributed by atoms with E-state index in [1.807, 2.05) is 43.3 Å². The fraction of sp³-hybridized carbons (Fsp3) is 0.158. The van der Waals surface area contributed by atoms with Gasteiger partial charge in [-0.05, 0) is 31.2 Å². The van der Waals surface area contributed by atoms with Crippen molar-refractivity contribution in [3.8, 4) is 11.5 Å². The minimum Gasteiger partial charge on any atom is -0.394 e. The third-order valence-corrected chi connectivity index (χ3v) is 4.34. The fourth-order valence-corrected chi connectivity index (χ4v) is 2.94. The number of aliphatic hydroxyl groups is 1. The molecule has 0 amide bonds. The van der Waals surface area contributed by atoms with Gasteiger partial charge in [0.1, 0.15) is 17.8 Å². The van der Waals surface area contributed by atoms with Crippen molar-refractivity contribution in [3.63, 3.8) is 0 Å². The Morgan fingerprint density at radius 3 is 2.86 bits per heavy atom. The number of H-pyrrole nitrogens is 1. The summed E-state index contributed by atoms with van der Waals surface area (Å²) in [5, 5.41) is 21.3. The van der Waals surface area contributed by atoms with E-state index in [-0.39, 0.29) is 30.5 Å². The highest BCUT2D eigenvalue weighted by atomic mass is 35.5. The van der Waals surface area contributed by atoms with Gasteiger partial charge in [0.05, 0.1) is 29.2 Å². The Morgan fingerprint density at radius 2 is 2.04 bits per heavy atom. The van der Waals surface area contributed by atoms with Crippen LogP contribution in [0.5, 0.6) is 0 Å². The van der Waals surface area contributed by atoms with E-state index in [9.17, 15) is 9.90 Å². The summed E-state index contributed by atoms with van der Waals surface area (Å²) in [5.41, 5.74) is 1.97. The number of aromatic amines is 1. The summed E-state index contributed by atoms with van der Waals surface area (Å²) < 4.78 is 1.77. The van der Waals surface area contributed by atoms with Gasteiger partial charge in [0, 0.05) is 12.3 Å². The number of nitrogens with zero attached hydrogens (tertiary/aromatic N) is 4. The van der Waals surface area contributed by atoms with Crippen molar-refractivity contribution < 1.29 is 5.11 Å². The Bertz CT molecular complexity index is 1150. The van der Waals surface area contributed by atoms with Crippen LogP contribution in [-0.4, -0.2) is 36.4 Å². The van der Waals surface area contributed by atoms with Crippen molar-refractivity contribution in [3.05, 3.63) is 65.2 Å². The summed E-state index contributed by atoms with van der Waals surface area (Å²) in [7, 11) is 0. The average molecular weight is 399 g/mol. The highest BCUT2D eigenvalue weighted by molar-refractivity contribution is 5.92. The molecule has 0 bridgehead atoms. The van der Waals surface area contributed by atoms with Crippen LogP contribution in [0.4, 0.5) is 11.5 Å². The number of pyridine rings is 2. The molecular formula is C19H19ClN6O2. The van der Waals surface area contributed by atoms with Crippen LogP contribution in [-0.2, 0) is 0 Å². The first-order valence-corrected chi connectivity index (χ1v) is 8.52. The van der Waals surface area contributed by atoms with E-state index in [0.717, 1.165) is 5.52 Å². The van der Waals surface area contributed by atoms with Crippen LogP contribution < -0.4 is 10.7 Å². The molecule has 0 spiro atoms. The maximum atomic E-state index is 12.3. The SMILES string of the molecule is C[C@H](CO)n1cnnc1-c1cccc(Nc2cccc3[nH]ccc(=O)c23)n1.Cl. The molecule has 0 saturated carbocycles. The number of benzene rings is 1. The zero-order valence-electron chi connectivity index (χ0n) is 15.0. The molecule has 0 saturated heterocycles. The molecule has 8 nitrogen and oxygen atoms in total. The molecule has 0 aliphatic heterocycles. The number of nitrogens with one attached hydrogen (secondary N) is 2. The predicted octanol–water partition coefficient (Wildman–Crippen LogP) is 2.90. The second kappa shape index (κ2) is 8.20. The molecule has 144 valence electrons. The van der Waals surface area contributed by atoms with E-state index < -0.39 is 0 Å². The molecule has 3 N–H and O–H groups in total. The second-order valence-corrected chi connectivity index (χ2v) is 6.20. The molecule has 3 heterocycles. The molecule has 0 fully saturated rings. The van der Waals surface area contributed by atoms with E-state index >= 15 is 0 Å². The maximum absolute atomic E-state index is 12.3. The van der Waals surface area contributed by atoms with Crippen LogP contribution in [0.25, 0.3) is 22.4 Å². The van der Waals surface area contributed by atoms with Crippen LogP contribution in [0.2, 0.25) is 0 Å². The number of aromatic nitrogens is 5. The van der Waals surface area contributed by atoms with E-state index in [1.54, 1.807) is 17.1 Å². The molecular weight excluding hydrogens is 380 g/mol. The lowest BCUT2D eigenvalue weighted by molar-refractivity contribution is 0.239. The predicted molar refractivity (Wildman–Crippen MR) is 110 cm³/mol. The largest absolute Gasteiger partial charge is 0.394 e. The van der Waals surface area contributed by atoms with Crippen LogP contribution >= 0.6 is 12.4 Å². The van der Waals surface area contributed by atoms with Gasteiger partial charge in [0.25, 0.3) is 0 Å². The molecule has 0 aliphatic rings. The van der Waals surface area contributed by atoms with Gasteiger partial charge in [0.15, 0.2) is 11.3 Å². The van der Waals surface area contributed by atoms with E-state index in [1.165, 1.54) is 6.07 Å². The molecule has 9 heteroatoms. The van der Waals surface area contributed by atoms with Gasteiger partial charge in [-0.1, -0.05) is 12.1 Å². The van der Waals surface area contributed by atoms with Crippen LogP contribution in [0.15, 0.2) is 59.8 Å². The lowest BCUT2D eigenvalue weighted by Crippen LogP contribution is -2.10. The van der Waals surface area contributed by atoms with E-state index in [4.69, 9.17) is 0 Å². The summed E-state index contributed by atoms with van der Waals surface area (Å²) in [6.45, 7) is 1.85. The molecule has 0 aliphatic carbocycles. The Kier molecular flexibility index (Phi) is 5.72. The number of anilines is 2. The van der Waals surface area contributed by atoms with Crippen molar-refractivity contribution in [2.75, 3.05) is 11.9 Å². The van der Waals surface area contributed by atoms with Gasteiger partial charge in [0.2, 0.25) is 0 Å². The lowest BCUT2D eigenvalue weighted by atomic mass is 10.1. The molecule has 3 aromatic heterocycles. The Morgan fingerprint density at radius 1 is 1.21 bits per heavy atom. The summed E-state index contributed by atoms with van der Waals surface area (Å²) >= 11 is 0. The summed E-state index contributed by atoms with van der Waals surface area (Å²) in [6, 6.07) is 12.4. The highest BCUT2D eigenvalue weighted by Gasteiger charge is 2.14. The van der Waals surface area contributed by atoms with Gasteiger partial charge in [-0.2, -0.15) is 0 Å². The van der Waals surface area contributed by atoms with Crippen molar-refractivity contribution in [2.45, 2.75) is 13.0 Å². The zero-order chi connectivity index (χ0) is 18.8. The van der Waals surface area contributed by atoms with Crippen molar-refractivity contribution in [1.82, 2.24) is 24.7 Å². The molecule has 1 aromatic carbocycles. The second-order valence-electron chi connectivity index (χ2n) is 6.20. The van der Waals surface area contributed by atoms with Crippen molar-refractivity contribution >= 4 is 34.8 Å². The van der Waals surface area contributed by atoms with E-state index in [2.05, 4.69) is 25.5 Å². The third-order valence-electron chi connectivity index (χ3n) is 4.34.